The van der Waals surface area contributed by atoms with Crippen LogP contribution in [0.2, 0.25) is 0 Å². The molecule has 2 aromatic rings. The van der Waals surface area contributed by atoms with Crippen LogP contribution in [0.1, 0.15) is 24.0 Å². The molecule has 0 bridgehead atoms. The van der Waals surface area contributed by atoms with Gasteiger partial charge in [0.2, 0.25) is 0 Å². The molecular formula is C16H18FN5O. The lowest BCUT2D eigenvalue weighted by Gasteiger charge is -2.39. The first-order chi connectivity index (χ1) is 11.1. The van der Waals surface area contributed by atoms with Crippen molar-refractivity contribution in [2.75, 3.05) is 13.1 Å². The fourth-order valence-corrected chi connectivity index (χ4v) is 3.13. The molecule has 6 nitrogen and oxygen atoms in total. The molecule has 1 unspecified atom stereocenters. The Labute approximate surface area is 133 Å². The third-order valence-electron chi connectivity index (χ3n) is 4.14. The average Bonchev–Trinajstić information content (AvgIpc) is 3.00. The highest BCUT2D eigenvalue weighted by atomic mass is 19.1. The number of nitrogens with zero attached hydrogens (tertiary/aromatic N) is 5. The van der Waals surface area contributed by atoms with E-state index >= 15 is 0 Å². The van der Waals surface area contributed by atoms with Gasteiger partial charge in [0.25, 0.3) is 0 Å². The standard InChI is InChI=1S/C16H18FN5O/c17-15-3-2-13(9-18)14(8-15)10-21-6-1-4-16(23,11-21)12-22-7-5-19-20-22/h2-3,5,7-8,23H,1,4,6,10-12H2. The first-order valence-corrected chi connectivity index (χ1v) is 7.55. The third-order valence-corrected chi connectivity index (χ3v) is 4.14. The molecule has 0 spiro atoms. The molecule has 0 saturated carbocycles. The highest BCUT2D eigenvalue weighted by Crippen LogP contribution is 2.25. The van der Waals surface area contributed by atoms with Crippen LogP contribution in [0.4, 0.5) is 4.39 Å². The minimum atomic E-state index is -0.897. The molecule has 1 saturated heterocycles. The molecule has 1 aliphatic heterocycles. The fraction of sp³-hybridized carbons (Fsp3) is 0.438. The summed E-state index contributed by atoms with van der Waals surface area (Å²) in [5.74, 6) is -0.353. The Bertz CT molecular complexity index is 712. The van der Waals surface area contributed by atoms with E-state index in [1.165, 1.54) is 18.2 Å². The number of piperidine rings is 1. The Morgan fingerprint density at radius 1 is 1.43 bits per heavy atom. The van der Waals surface area contributed by atoms with Gasteiger partial charge >= 0.3 is 0 Å². The van der Waals surface area contributed by atoms with Gasteiger partial charge in [-0.15, -0.1) is 5.10 Å². The summed E-state index contributed by atoms with van der Waals surface area (Å²) in [6.07, 6.45) is 4.81. The molecule has 3 rings (SSSR count). The number of likely N-dealkylation sites (tertiary alicyclic amines) is 1. The first kappa shape index (κ1) is 15.6. The van der Waals surface area contributed by atoms with Crippen LogP contribution in [0.5, 0.6) is 0 Å². The van der Waals surface area contributed by atoms with Gasteiger partial charge in [0.15, 0.2) is 0 Å². The average molecular weight is 315 g/mol. The van der Waals surface area contributed by atoms with E-state index in [2.05, 4.69) is 21.3 Å². The normalized spacial score (nSPS) is 22.0. The summed E-state index contributed by atoms with van der Waals surface area (Å²) in [5, 5.41) is 27.6. The van der Waals surface area contributed by atoms with E-state index in [9.17, 15) is 9.50 Å². The molecule has 23 heavy (non-hydrogen) atoms. The summed E-state index contributed by atoms with van der Waals surface area (Å²) >= 11 is 0. The van der Waals surface area contributed by atoms with Crippen molar-refractivity contribution in [1.29, 1.82) is 5.26 Å². The maximum absolute atomic E-state index is 13.4. The van der Waals surface area contributed by atoms with Crippen molar-refractivity contribution in [2.24, 2.45) is 0 Å². The number of β-amino-alcohol motifs (C(OH)–C–C–N with tert-alkyl or cyclic N) is 1. The van der Waals surface area contributed by atoms with Gasteiger partial charge in [0.1, 0.15) is 5.82 Å². The summed E-state index contributed by atoms with van der Waals surface area (Å²) in [4.78, 5) is 2.05. The zero-order valence-electron chi connectivity index (χ0n) is 12.7. The summed E-state index contributed by atoms with van der Waals surface area (Å²) in [6.45, 7) is 2.08. The van der Waals surface area contributed by atoms with Crippen molar-refractivity contribution < 1.29 is 9.50 Å². The van der Waals surface area contributed by atoms with Crippen LogP contribution in [0.3, 0.4) is 0 Å². The lowest BCUT2D eigenvalue weighted by atomic mass is 9.92. The highest BCUT2D eigenvalue weighted by molar-refractivity contribution is 5.37. The van der Waals surface area contributed by atoms with Gasteiger partial charge in [-0.3, -0.25) is 4.90 Å². The molecule has 0 aliphatic carbocycles. The van der Waals surface area contributed by atoms with Gasteiger partial charge in [-0.05, 0) is 43.1 Å². The van der Waals surface area contributed by atoms with Crippen LogP contribution >= 0.6 is 0 Å². The second-order valence-corrected chi connectivity index (χ2v) is 6.05. The van der Waals surface area contributed by atoms with Gasteiger partial charge in [-0.25, -0.2) is 9.07 Å². The number of aromatic nitrogens is 3. The lowest BCUT2D eigenvalue weighted by molar-refractivity contribution is -0.0478. The van der Waals surface area contributed by atoms with Crippen molar-refractivity contribution in [2.45, 2.75) is 31.5 Å². The SMILES string of the molecule is N#Cc1ccc(F)cc1CN1CCCC(O)(Cn2ccnn2)C1. The Balaban J connectivity index is 1.72. The number of hydrogen-bond donors (Lipinski definition) is 1. The maximum atomic E-state index is 13.4. The van der Waals surface area contributed by atoms with Crippen molar-refractivity contribution in [3.8, 4) is 6.07 Å². The summed E-state index contributed by atoms with van der Waals surface area (Å²) in [5.41, 5.74) is 0.223. The Morgan fingerprint density at radius 2 is 2.30 bits per heavy atom. The zero-order valence-corrected chi connectivity index (χ0v) is 12.7. The van der Waals surface area contributed by atoms with E-state index in [1.54, 1.807) is 17.1 Å². The van der Waals surface area contributed by atoms with E-state index in [1.807, 2.05) is 0 Å². The molecule has 1 aromatic heterocycles. The number of rotatable bonds is 4. The van der Waals surface area contributed by atoms with Gasteiger partial charge in [0.05, 0.1) is 30.0 Å². The van der Waals surface area contributed by atoms with Crippen LogP contribution < -0.4 is 0 Å². The molecule has 0 radical (unpaired) electrons. The molecule has 0 amide bonds. The van der Waals surface area contributed by atoms with E-state index in [-0.39, 0.29) is 5.82 Å². The second kappa shape index (κ2) is 6.44. The predicted octanol–water partition coefficient (Wildman–Crippen LogP) is 1.32. The van der Waals surface area contributed by atoms with Crippen LogP contribution in [0.25, 0.3) is 0 Å². The molecule has 7 heteroatoms. The van der Waals surface area contributed by atoms with Crippen molar-refractivity contribution in [3.05, 3.63) is 47.5 Å². The Hall–Kier alpha value is -2.30. The molecule has 1 atom stereocenters. The third kappa shape index (κ3) is 3.73. The molecule has 1 aliphatic rings. The van der Waals surface area contributed by atoms with Crippen LogP contribution in [0.15, 0.2) is 30.6 Å². The molecule has 1 fully saturated rings. The van der Waals surface area contributed by atoms with Crippen molar-refractivity contribution in [3.63, 3.8) is 0 Å². The highest BCUT2D eigenvalue weighted by Gasteiger charge is 2.34. The summed E-state index contributed by atoms with van der Waals surface area (Å²) in [7, 11) is 0. The first-order valence-electron chi connectivity index (χ1n) is 7.55. The molecule has 120 valence electrons. The van der Waals surface area contributed by atoms with Gasteiger partial charge in [-0.2, -0.15) is 5.26 Å². The Morgan fingerprint density at radius 3 is 3.04 bits per heavy atom. The molecular weight excluding hydrogens is 297 g/mol. The van der Waals surface area contributed by atoms with Crippen molar-refractivity contribution >= 4 is 0 Å². The van der Waals surface area contributed by atoms with E-state index < -0.39 is 5.60 Å². The molecule has 2 heterocycles. The predicted molar refractivity (Wildman–Crippen MR) is 80.6 cm³/mol. The summed E-state index contributed by atoms with van der Waals surface area (Å²) in [6, 6.07) is 6.27. The monoisotopic (exact) mass is 315 g/mol. The van der Waals surface area contributed by atoms with E-state index in [0.717, 1.165) is 13.0 Å². The second-order valence-electron chi connectivity index (χ2n) is 6.05. The van der Waals surface area contributed by atoms with Crippen LogP contribution in [0, 0.1) is 17.1 Å². The lowest BCUT2D eigenvalue weighted by Crippen LogP contribution is -2.50. The summed E-state index contributed by atoms with van der Waals surface area (Å²) < 4.78 is 15.1. The fourth-order valence-electron chi connectivity index (χ4n) is 3.13. The minimum absolute atomic E-state index is 0.353. The minimum Gasteiger partial charge on any atom is -0.387 e. The number of benzene rings is 1. The van der Waals surface area contributed by atoms with Crippen molar-refractivity contribution in [1.82, 2.24) is 19.9 Å². The van der Waals surface area contributed by atoms with E-state index in [4.69, 9.17) is 5.26 Å². The van der Waals surface area contributed by atoms with Crippen LogP contribution in [-0.4, -0.2) is 43.7 Å². The number of halogens is 1. The largest absolute Gasteiger partial charge is 0.387 e. The topological polar surface area (TPSA) is 78.0 Å². The quantitative estimate of drug-likeness (QED) is 0.920. The van der Waals surface area contributed by atoms with E-state index in [0.29, 0.717) is 37.2 Å². The Kier molecular flexibility index (Phi) is 4.37. The van der Waals surface area contributed by atoms with Gasteiger partial charge < -0.3 is 5.11 Å². The zero-order chi connectivity index (χ0) is 16.3. The number of nitriles is 1. The molecule has 1 aromatic carbocycles. The van der Waals surface area contributed by atoms with Gasteiger partial charge in [0, 0.05) is 19.3 Å². The number of aliphatic hydroxyl groups is 1. The number of hydrogen-bond acceptors (Lipinski definition) is 5. The maximum Gasteiger partial charge on any atom is 0.123 e. The van der Waals surface area contributed by atoms with Gasteiger partial charge in [-0.1, -0.05) is 5.21 Å². The van der Waals surface area contributed by atoms with Crippen LogP contribution in [-0.2, 0) is 13.1 Å². The molecule has 1 N–H and O–H groups in total. The smallest absolute Gasteiger partial charge is 0.123 e.